The van der Waals surface area contributed by atoms with Gasteiger partial charge in [-0.25, -0.2) is 18.5 Å². The number of primary sulfonamides is 1. The summed E-state index contributed by atoms with van der Waals surface area (Å²) in [5.41, 5.74) is 2.43. The first kappa shape index (κ1) is 16.1. The molecule has 116 valence electrons. The summed E-state index contributed by atoms with van der Waals surface area (Å²) in [5, 5.41) is 7.66. The lowest BCUT2D eigenvalue weighted by molar-refractivity contribution is 0.102. The Labute approximate surface area is 128 Å². The number of carbonyl (C=O) groups is 1. The van der Waals surface area contributed by atoms with Crippen LogP contribution in [0.4, 0.5) is 5.69 Å². The third kappa shape index (κ3) is 3.46. The fourth-order valence-corrected chi connectivity index (χ4v) is 2.43. The summed E-state index contributed by atoms with van der Waals surface area (Å²) >= 11 is 0. The second kappa shape index (κ2) is 5.82. The Bertz CT molecular complexity index is 847. The molecule has 0 radical (unpaired) electrons. The standard InChI is InChI=1S/C14H16N4O3S/c1-8-9(2)17-13(10(3)16-8)14(19)18-11-5-4-6-12(7-11)22(15,20)21/h4-7H,1-3H3,(H,18,19)(H2,15,20,21). The molecule has 0 atom stereocenters. The Kier molecular flexibility index (Phi) is 4.25. The number of sulfonamides is 1. The van der Waals surface area contributed by atoms with Crippen molar-refractivity contribution in [2.75, 3.05) is 5.32 Å². The zero-order chi connectivity index (χ0) is 16.5. The Morgan fingerprint density at radius 1 is 1.09 bits per heavy atom. The SMILES string of the molecule is Cc1nc(C)c(C(=O)Nc2cccc(S(N)(=O)=O)c2)nc1C. The van der Waals surface area contributed by atoms with Gasteiger partial charge >= 0.3 is 0 Å². The van der Waals surface area contributed by atoms with E-state index in [1.807, 2.05) is 6.92 Å². The molecule has 0 spiro atoms. The van der Waals surface area contributed by atoms with E-state index in [-0.39, 0.29) is 10.6 Å². The van der Waals surface area contributed by atoms with Crippen LogP contribution in [0.25, 0.3) is 0 Å². The van der Waals surface area contributed by atoms with Crippen LogP contribution in [0.15, 0.2) is 29.2 Å². The van der Waals surface area contributed by atoms with Crippen molar-refractivity contribution < 1.29 is 13.2 Å². The highest BCUT2D eigenvalue weighted by Gasteiger charge is 2.15. The molecule has 0 aliphatic carbocycles. The van der Waals surface area contributed by atoms with Gasteiger partial charge in [-0.15, -0.1) is 0 Å². The number of anilines is 1. The van der Waals surface area contributed by atoms with Crippen LogP contribution in [0.1, 0.15) is 27.6 Å². The molecule has 22 heavy (non-hydrogen) atoms. The third-order valence-corrected chi connectivity index (χ3v) is 4.03. The Hall–Kier alpha value is -2.32. The van der Waals surface area contributed by atoms with Crippen molar-refractivity contribution in [3.8, 4) is 0 Å². The normalized spacial score (nSPS) is 11.3. The molecule has 1 heterocycles. The quantitative estimate of drug-likeness (QED) is 0.884. The largest absolute Gasteiger partial charge is 0.321 e. The summed E-state index contributed by atoms with van der Waals surface area (Å²) in [6, 6.07) is 5.70. The van der Waals surface area contributed by atoms with E-state index >= 15 is 0 Å². The number of benzene rings is 1. The zero-order valence-corrected chi connectivity index (χ0v) is 13.2. The lowest BCUT2D eigenvalue weighted by Crippen LogP contribution is -2.18. The minimum Gasteiger partial charge on any atom is -0.321 e. The van der Waals surface area contributed by atoms with E-state index in [4.69, 9.17) is 5.14 Å². The Morgan fingerprint density at radius 2 is 1.73 bits per heavy atom. The van der Waals surface area contributed by atoms with Crippen LogP contribution < -0.4 is 10.5 Å². The van der Waals surface area contributed by atoms with Crippen LogP contribution in [-0.2, 0) is 10.0 Å². The third-order valence-electron chi connectivity index (χ3n) is 3.12. The molecule has 0 saturated heterocycles. The fourth-order valence-electron chi connectivity index (χ4n) is 1.87. The van der Waals surface area contributed by atoms with Crippen molar-refractivity contribution in [3.05, 3.63) is 47.0 Å². The number of nitrogens with one attached hydrogen (secondary N) is 1. The molecule has 0 aliphatic heterocycles. The number of aryl methyl sites for hydroxylation is 3. The van der Waals surface area contributed by atoms with E-state index in [1.165, 1.54) is 18.2 Å². The Balaban J connectivity index is 2.32. The molecule has 3 N–H and O–H groups in total. The summed E-state index contributed by atoms with van der Waals surface area (Å²) in [5.74, 6) is -0.459. The summed E-state index contributed by atoms with van der Waals surface area (Å²) in [6.45, 7) is 5.27. The molecule has 7 nitrogen and oxygen atoms in total. The van der Waals surface area contributed by atoms with Crippen LogP contribution in [-0.4, -0.2) is 24.3 Å². The van der Waals surface area contributed by atoms with Crippen molar-refractivity contribution >= 4 is 21.6 Å². The lowest BCUT2D eigenvalue weighted by atomic mass is 10.2. The van der Waals surface area contributed by atoms with Gasteiger partial charge in [-0.05, 0) is 39.0 Å². The maximum atomic E-state index is 12.3. The number of hydrogen-bond donors (Lipinski definition) is 2. The number of amides is 1. The first-order chi connectivity index (χ1) is 10.2. The smallest absolute Gasteiger partial charge is 0.276 e. The van der Waals surface area contributed by atoms with E-state index in [1.54, 1.807) is 19.9 Å². The molecule has 0 bridgehead atoms. The van der Waals surface area contributed by atoms with E-state index in [9.17, 15) is 13.2 Å². The molecule has 1 aromatic carbocycles. The number of nitrogens with zero attached hydrogens (tertiary/aromatic N) is 2. The van der Waals surface area contributed by atoms with E-state index in [2.05, 4.69) is 15.3 Å². The maximum Gasteiger partial charge on any atom is 0.276 e. The zero-order valence-electron chi connectivity index (χ0n) is 12.4. The molecule has 0 unspecified atom stereocenters. The molecule has 2 aromatic rings. The van der Waals surface area contributed by atoms with E-state index < -0.39 is 15.9 Å². The van der Waals surface area contributed by atoms with E-state index in [0.717, 1.165) is 5.69 Å². The predicted octanol–water partition coefficient (Wildman–Crippen LogP) is 1.30. The molecule has 8 heteroatoms. The maximum absolute atomic E-state index is 12.3. The number of nitrogens with two attached hydrogens (primary N) is 1. The van der Waals surface area contributed by atoms with Crippen molar-refractivity contribution in [1.29, 1.82) is 0 Å². The number of rotatable bonds is 3. The van der Waals surface area contributed by atoms with Gasteiger partial charge in [-0.2, -0.15) is 0 Å². The molecule has 2 rings (SSSR count). The highest BCUT2D eigenvalue weighted by molar-refractivity contribution is 7.89. The second-order valence-electron chi connectivity index (χ2n) is 4.86. The van der Waals surface area contributed by atoms with Crippen LogP contribution in [0, 0.1) is 20.8 Å². The van der Waals surface area contributed by atoms with Crippen LogP contribution in [0.2, 0.25) is 0 Å². The molecular weight excluding hydrogens is 304 g/mol. The van der Waals surface area contributed by atoms with Gasteiger partial charge in [0.2, 0.25) is 10.0 Å². The lowest BCUT2D eigenvalue weighted by Gasteiger charge is -2.09. The van der Waals surface area contributed by atoms with Crippen molar-refractivity contribution in [3.63, 3.8) is 0 Å². The molecule has 1 amide bonds. The van der Waals surface area contributed by atoms with Gasteiger partial charge < -0.3 is 5.32 Å². The highest BCUT2D eigenvalue weighted by Crippen LogP contribution is 2.16. The van der Waals surface area contributed by atoms with E-state index in [0.29, 0.717) is 17.1 Å². The summed E-state index contributed by atoms with van der Waals surface area (Å²) in [7, 11) is -3.83. The Morgan fingerprint density at radius 3 is 2.36 bits per heavy atom. The summed E-state index contributed by atoms with van der Waals surface area (Å²) in [4.78, 5) is 20.7. The van der Waals surface area contributed by atoms with Crippen molar-refractivity contribution in [2.45, 2.75) is 25.7 Å². The monoisotopic (exact) mass is 320 g/mol. The topological polar surface area (TPSA) is 115 Å². The highest BCUT2D eigenvalue weighted by atomic mass is 32.2. The van der Waals surface area contributed by atoms with Gasteiger partial charge in [0.25, 0.3) is 5.91 Å². The van der Waals surface area contributed by atoms with Gasteiger partial charge in [0.05, 0.1) is 22.0 Å². The summed E-state index contributed by atoms with van der Waals surface area (Å²) < 4.78 is 22.6. The second-order valence-corrected chi connectivity index (χ2v) is 6.42. The van der Waals surface area contributed by atoms with Crippen molar-refractivity contribution in [1.82, 2.24) is 9.97 Å². The average Bonchev–Trinajstić information content (AvgIpc) is 2.42. The number of carbonyl (C=O) groups excluding carboxylic acids is 1. The minimum atomic E-state index is -3.83. The predicted molar refractivity (Wildman–Crippen MR) is 82.0 cm³/mol. The minimum absolute atomic E-state index is 0.0757. The fraction of sp³-hybridized carbons (Fsp3) is 0.214. The molecular formula is C14H16N4O3S. The molecule has 0 saturated carbocycles. The van der Waals surface area contributed by atoms with Gasteiger partial charge in [-0.1, -0.05) is 6.07 Å². The number of aromatic nitrogens is 2. The van der Waals surface area contributed by atoms with Crippen molar-refractivity contribution in [2.24, 2.45) is 5.14 Å². The van der Waals surface area contributed by atoms with Gasteiger partial charge in [-0.3, -0.25) is 9.78 Å². The average molecular weight is 320 g/mol. The first-order valence-corrected chi connectivity index (χ1v) is 7.99. The number of hydrogen-bond acceptors (Lipinski definition) is 5. The van der Waals surface area contributed by atoms with Crippen LogP contribution in [0.5, 0.6) is 0 Å². The van der Waals surface area contributed by atoms with Crippen LogP contribution in [0.3, 0.4) is 0 Å². The molecule has 1 aromatic heterocycles. The summed E-state index contributed by atoms with van der Waals surface area (Å²) in [6.07, 6.45) is 0. The van der Waals surface area contributed by atoms with Gasteiger partial charge in [0.1, 0.15) is 5.69 Å². The molecule has 0 aliphatic rings. The van der Waals surface area contributed by atoms with Crippen LogP contribution >= 0.6 is 0 Å². The first-order valence-electron chi connectivity index (χ1n) is 6.44. The van der Waals surface area contributed by atoms with Gasteiger partial charge in [0, 0.05) is 5.69 Å². The molecule has 0 fully saturated rings. The van der Waals surface area contributed by atoms with Gasteiger partial charge in [0.15, 0.2) is 0 Å².